The van der Waals surface area contributed by atoms with E-state index in [1.165, 1.54) is 6.07 Å². The number of amides is 1. The molecule has 1 aliphatic heterocycles. The van der Waals surface area contributed by atoms with Gasteiger partial charge in [0.05, 0.1) is 11.6 Å². The van der Waals surface area contributed by atoms with E-state index in [9.17, 15) is 19.5 Å². The Balaban J connectivity index is 1.73. The largest absolute Gasteiger partial charge is 0.507 e. The van der Waals surface area contributed by atoms with Crippen LogP contribution in [0.25, 0.3) is 0 Å². The lowest BCUT2D eigenvalue weighted by molar-refractivity contribution is 0.0526. The van der Waals surface area contributed by atoms with Crippen LogP contribution in [0.3, 0.4) is 0 Å². The van der Waals surface area contributed by atoms with Gasteiger partial charge in [0, 0.05) is 17.7 Å². The fourth-order valence-corrected chi connectivity index (χ4v) is 3.27. The molecule has 0 bridgehead atoms. The molecule has 1 aliphatic rings. The second kappa shape index (κ2) is 8.49. The van der Waals surface area contributed by atoms with Crippen molar-refractivity contribution in [3.8, 4) is 11.5 Å². The predicted molar refractivity (Wildman–Crippen MR) is 99.5 cm³/mol. The Labute approximate surface area is 157 Å². The summed E-state index contributed by atoms with van der Waals surface area (Å²) in [5, 5.41) is 9.76. The van der Waals surface area contributed by atoms with Crippen molar-refractivity contribution in [3.05, 3.63) is 59.2 Å². The molecule has 2 aromatic rings. The van der Waals surface area contributed by atoms with Crippen molar-refractivity contribution < 1.29 is 24.2 Å². The standard InChI is InChI=1S/C21H21NO5/c23-12-15-7-9-16(10-8-15)21(26)22-11-2-1-4-17(22)14-27-20-6-3-5-19(25)18(20)13-24/h3,5-10,12-13,17,25H,1-2,4,11,14H2/t17-/m0/s1. The van der Waals surface area contributed by atoms with E-state index in [4.69, 9.17) is 4.74 Å². The Morgan fingerprint density at radius 2 is 1.89 bits per heavy atom. The van der Waals surface area contributed by atoms with Crippen LogP contribution in [0, 0.1) is 0 Å². The predicted octanol–water partition coefficient (Wildman–Crippen LogP) is 3.09. The molecule has 0 aromatic heterocycles. The van der Waals surface area contributed by atoms with E-state index in [2.05, 4.69) is 0 Å². The summed E-state index contributed by atoms with van der Waals surface area (Å²) in [6.45, 7) is 0.866. The SMILES string of the molecule is O=Cc1ccc(C(=O)N2CCCC[C@H]2COc2cccc(O)c2C=O)cc1. The van der Waals surface area contributed by atoms with E-state index < -0.39 is 0 Å². The van der Waals surface area contributed by atoms with E-state index in [-0.39, 0.29) is 29.9 Å². The molecule has 6 nitrogen and oxygen atoms in total. The molecule has 3 rings (SSSR count). The maximum atomic E-state index is 12.9. The number of ether oxygens (including phenoxy) is 1. The van der Waals surface area contributed by atoms with Crippen molar-refractivity contribution in [2.75, 3.05) is 13.2 Å². The number of hydrogen-bond donors (Lipinski definition) is 1. The monoisotopic (exact) mass is 367 g/mol. The summed E-state index contributed by atoms with van der Waals surface area (Å²) in [5.74, 6) is 0.0694. The second-order valence-electron chi connectivity index (χ2n) is 6.51. The number of phenolic OH excluding ortho intramolecular Hbond substituents is 1. The average Bonchev–Trinajstić information content (AvgIpc) is 2.72. The number of nitrogens with zero attached hydrogens (tertiary/aromatic N) is 1. The van der Waals surface area contributed by atoms with Crippen molar-refractivity contribution in [3.63, 3.8) is 0 Å². The quantitative estimate of drug-likeness (QED) is 0.793. The lowest BCUT2D eigenvalue weighted by Crippen LogP contribution is -2.46. The summed E-state index contributed by atoms with van der Waals surface area (Å²) in [5.41, 5.74) is 1.16. The Hall–Kier alpha value is -3.15. The Morgan fingerprint density at radius 3 is 2.59 bits per heavy atom. The maximum Gasteiger partial charge on any atom is 0.254 e. The molecule has 1 saturated heterocycles. The highest BCUT2D eigenvalue weighted by molar-refractivity contribution is 5.95. The summed E-state index contributed by atoms with van der Waals surface area (Å²) in [7, 11) is 0. The fourth-order valence-electron chi connectivity index (χ4n) is 3.27. The van der Waals surface area contributed by atoms with Crippen LogP contribution < -0.4 is 4.74 Å². The van der Waals surface area contributed by atoms with Gasteiger partial charge in [-0.3, -0.25) is 14.4 Å². The highest BCUT2D eigenvalue weighted by Crippen LogP contribution is 2.27. The Morgan fingerprint density at radius 1 is 1.11 bits per heavy atom. The van der Waals surface area contributed by atoms with Crippen molar-refractivity contribution in [2.24, 2.45) is 0 Å². The summed E-state index contributed by atoms with van der Waals surface area (Å²) < 4.78 is 5.77. The topological polar surface area (TPSA) is 83.9 Å². The minimum Gasteiger partial charge on any atom is -0.507 e. The highest BCUT2D eigenvalue weighted by atomic mass is 16.5. The third-order valence-corrected chi connectivity index (χ3v) is 4.77. The number of piperidine rings is 1. The minimum atomic E-state index is -0.130. The normalized spacial score (nSPS) is 16.6. The fraction of sp³-hybridized carbons (Fsp3) is 0.286. The van der Waals surface area contributed by atoms with E-state index in [1.807, 2.05) is 0 Å². The first-order valence-corrected chi connectivity index (χ1v) is 8.90. The van der Waals surface area contributed by atoms with E-state index in [0.29, 0.717) is 29.7 Å². The van der Waals surface area contributed by atoms with Crippen molar-refractivity contribution >= 4 is 18.5 Å². The molecule has 0 aliphatic carbocycles. The molecule has 0 unspecified atom stereocenters. The van der Waals surface area contributed by atoms with E-state index in [0.717, 1.165) is 25.5 Å². The zero-order valence-corrected chi connectivity index (χ0v) is 14.8. The van der Waals surface area contributed by atoms with Gasteiger partial charge < -0.3 is 14.7 Å². The van der Waals surface area contributed by atoms with Crippen molar-refractivity contribution in [1.29, 1.82) is 0 Å². The third-order valence-electron chi connectivity index (χ3n) is 4.77. The van der Waals surface area contributed by atoms with Crippen LogP contribution >= 0.6 is 0 Å². The van der Waals surface area contributed by atoms with Crippen LogP contribution in [0.2, 0.25) is 0 Å². The third kappa shape index (κ3) is 4.16. The van der Waals surface area contributed by atoms with Crippen LogP contribution in [0.15, 0.2) is 42.5 Å². The van der Waals surface area contributed by atoms with Gasteiger partial charge in [-0.05, 0) is 43.5 Å². The highest BCUT2D eigenvalue weighted by Gasteiger charge is 2.28. The Kier molecular flexibility index (Phi) is 5.86. The second-order valence-corrected chi connectivity index (χ2v) is 6.51. The molecule has 1 amide bonds. The smallest absolute Gasteiger partial charge is 0.254 e. The molecule has 6 heteroatoms. The maximum absolute atomic E-state index is 12.9. The average molecular weight is 367 g/mol. The lowest BCUT2D eigenvalue weighted by Gasteiger charge is -2.35. The van der Waals surface area contributed by atoms with Crippen LogP contribution in [0.1, 0.15) is 50.3 Å². The molecule has 0 spiro atoms. The number of rotatable bonds is 6. The summed E-state index contributed by atoms with van der Waals surface area (Å²) >= 11 is 0. The zero-order valence-electron chi connectivity index (χ0n) is 14.8. The molecule has 140 valence electrons. The summed E-state index contributed by atoms with van der Waals surface area (Å²) in [6.07, 6.45) is 4.00. The molecule has 2 aromatic carbocycles. The van der Waals surface area contributed by atoms with Gasteiger partial charge in [0.25, 0.3) is 5.91 Å². The molecule has 27 heavy (non-hydrogen) atoms. The number of likely N-dealkylation sites (tertiary alicyclic amines) is 1. The number of carbonyl (C=O) groups excluding carboxylic acids is 3. The lowest BCUT2D eigenvalue weighted by atomic mass is 10.0. The molecular formula is C21H21NO5. The van der Waals surface area contributed by atoms with E-state index in [1.54, 1.807) is 41.3 Å². The molecule has 1 atom stereocenters. The van der Waals surface area contributed by atoms with Crippen molar-refractivity contribution in [2.45, 2.75) is 25.3 Å². The van der Waals surface area contributed by atoms with E-state index >= 15 is 0 Å². The van der Waals surface area contributed by atoms with Gasteiger partial charge in [-0.15, -0.1) is 0 Å². The number of benzene rings is 2. The van der Waals surface area contributed by atoms with Crippen molar-refractivity contribution in [1.82, 2.24) is 4.90 Å². The van der Waals surface area contributed by atoms with Gasteiger partial charge in [-0.25, -0.2) is 0 Å². The van der Waals surface area contributed by atoms with Gasteiger partial charge in [0.2, 0.25) is 0 Å². The molecule has 0 radical (unpaired) electrons. The van der Waals surface area contributed by atoms with Crippen LogP contribution in [0.4, 0.5) is 0 Å². The number of carbonyl (C=O) groups is 3. The molecular weight excluding hydrogens is 346 g/mol. The van der Waals surface area contributed by atoms with Gasteiger partial charge in [-0.1, -0.05) is 18.2 Å². The number of hydrogen-bond acceptors (Lipinski definition) is 5. The minimum absolute atomic E-state index is 0.104. The Bertz CT molecular complexity index is 831. The molecule has 1 N–H and O–H groups in total. The van der Waals surface area contributed by atoms with Crippen LogP contribution in [-0.2, 0) is 0 Å². The molecule has 0 saturated carbocycles. The summed E-state index contributed by atoms with van der Waals surface area (Å²) in [4.78, 5) is 36.6. The van der Waals surface area contributed by atoms with Crippen LogP contribution in [0.5, 0.6) is 11.5 Å². The van der Waals surface area contributed by atoms with Gasteiger partial charge >= 0.3 is 0 Å². The number of aldehydes is 2. The number of aromatic hydroxyl groups is 1. The van der Waals surface area contributed by atoms with Gasteiger partial charge in [-0.2, -0.15) is 0 Å². The zero-order chi connectivity index (χ0) is 19.2. The molecule has 1 heterocycles. The first-order chi connectivity index (χ1) is 13.1. The number of phenols is 1. The van der Waals surface area contributed by atoms with Gasteiger partial charge in [0.15, 0.2) is 6.29 Å². The molecule has 1 fully saturated rings. The van der Waals surface area contributed by atoms with Crippen LogP contribution in [-0.4, -0.2) is 47.7 Å². The first kappa shape index (κ1) is 18.6. The first-order valence-electron chi connectivity index (χ1n) is 8.90. The van der Waals surface area contributed by atoms with Gasteiger partial charge in [0.1, 0.15) is 24.4 Å². The summed E-state index contributed by atoms with van der Waals surface area (Å²) in [6, 6.07) is 11.1.